The molecule has 0 aromatic carbocycles. The first-order chi connectivity index (χ1) is 11.9. The molecule has 1 amide bonds. The number of carbonyl (C=O) groups is 2. The van der Waals surface area contributed by atoms with Gasteiger partial charge in [-0.25, -0.2) is 9.67 Å². The molecule has 8 nitrogen and oxygen atoms in total. The number of carbonyl (C=O) groups excluding carboxylic acids is 2. The van der Waals surface area contributed by atoms with Gasteiger partial charge in [0, 0.05) is 37.3 Å². The zero-order chi connectivity index (χ0) is 17.8. The Balaban J connectivity index is 1.53. The highest BCUT2D eigenvalue weighted by Crippen LogP contribution is 2.49. The van der Waals surface area contributed by atoms with Crippen molar-refractivity contribution in [1.82, 2.24) is 29.4 Å². The second-order valence-electron chi connectivity index (χ2n) is 7.69. The zero-order valence-corrected chi connectivity index (χ0v) is 14.7. The molecule has 1 aliphatic carbocycles. The molecular formula is C17H22N6O2. The molecule has 1 saturated carbocycles. The normalized spacial score (nSPS) is 21.9. The highest BCUT2D eigenvalue weighted by Gasteiger charge is 2.51. The van der Waals surface area contributed by atoms with Crippen LogP contribution in [-0.2, 0) is 11.3 Å². The highest BCUT2D eigenvalue weighted by atomic mass is 16.2. The van der Waals surface area contributed by atoms with Crippen LogP contribution < -0.4 is 0 Å². The van der Waals surface area contributed by atoms with E-state index in [1.807, 2.05) is 17.3 Å². The maximum absolute atomic E-state index is 12.8. The van der Waals surface area contributed by atoms with E-state index in [0.29, 0.717) is 12.6 Å². The Kier molecular flexibility index (Phi) is 3.52. The molecule has 2 fully saturated rings. The Morgan fingerprint density at radius 3 is 2.68 bits per heavy atom. The smallest absolute Gasteiger partial charge is 0.245 e. The maximum atomic E-state index is 12.8. The van der Waals surface area contributed by atoms with Crippen molar-refractivity contribution >= 4 is 11.7 Å². The van der Waals surface area contributed by atoms with Crippen molar-refractivity contribution in [1.29, 1.82) is 0 Å². The van der Waals surface area contributed by atoms with Crippen LogP contribution in [-0.4, -0.2) is 47.7 Å². The SMILES string of the molecule is CC(=O)c1cn(CC(=O)N2CC(C)(C)C2c2nccn2C2CC2)nn1. The van der Waals surface area contributed by atoms with Crippen LogP contribution in [0.15, 0.2) is 18.6 Å². The molecule has 2 aromatic rings. The van der Waals surface area contributed by atoms with Gasteiger partial charge >= 0.3 is 0 Å². The third-order valence-electron chi connectivity index (χ3n) is 5.03. The molecule has 0 bridgehead atoms. The summed E-state index contributed by atoms with van der Waals surface area (Å²) in [6, 6.07) is 0.491. The van der Waals surface area contributed by atoms with Crippen LogP contribution in [0.25, 0.3) is 0 Å². The number of aromatic nitrogens is 5. The van der Waals surface area contributed by atoms with Gasteiger partial charge in [-0.3, -0.25) is 9.59 Å². The fourth-order valence-corrected chi connectivity index (χ4v) is 3.61. The number of rotatable bonds is 5. The minimum Gasteiger partial charge on any atom is -0.330 e. The molecule has 1 unspecified atom stereocenters. The molecule has 1 aliphatic heterocycles. The molecule has 3 heterocycles. The van der Waals surface area contributed by atoms with Crippen molar-refractivity contribution in [2.24, 2.45) is 5.41 Å². The lowest BCUT2D eigenvalue weighted by Crippen LogP contribution is -2.59. The van der Waals surface area contributed by atoms with Gasteiger partial charge in [0.2, 0.25) is 5.91 Å². The summed E-state index contributed by atoms with van der Waals surface area (Å²) in [6.45, 7) is 6.52. The Morgan fingerprint density at radius 2 is 2.08 bits per heavy atom. The van der Waals surface area contributed by atoms with Crippen molar-refractivity contribution in [2.45, 2.75) is 52.2 Å². The molecule has 0 radical (unpaired) electrons. The van der Waals surface area contributed by atoms with Gasteiger partial charge in [0.05, 0.1) is 12.2 Å². The van der Waals surface area contributed by atoms with Gasteiger partial charge in [-0.05, 0) is 12.8 Å². The summed E-state index contributed by atoms with van der Waals surface area (Å²) in [5.74, 6) is 0.776. The van der Waals surface area contributed by atoms with Crippen molar-refractivity contribution in [3.63, 3.8) is 0 Å². The van der Waals surface area contributed by atoms with Crippen LogP contribution in [0, 0.1) is 5.41 Å². The highest BCUT2D eigenvalue weighted by molar-refractivity contribution is 5.91. The third-order valence-corrected chi connectivity index (χ3v) is 5.03. The van der Waals surface area contributed by atoms with Crippen LogP contribution in [0.1, 0.15) is 62.0 Å². The minimum atomic E-state index is -0.159. The van der Waals surface area contributed by atoms with Crippen LogP contribution in [0.5, 0.6) is 0 Å². The van der Waals surface area contributed by atoms with Gasteiger partial charge in [0.15, 0.2) is 5.78 Å². The zero-order valence-electron chi connectivity index (χ0n) is 14.7. The first-order valence-electron chi connectivity index (χ1n) is 8.60. The lowest BCUT2D eigenvalue weighted by atomic mass is 9.74. The topological polar surface area (TPSA) is 85.9 Å². The lowest BCUT2D eigenvalue weighted by Gasteiger charge is -2.53. The summed E-state index contributed by atoms with van der Waals surface area (Å²) in [4.78, 5) is 30.5. The molecule has 1 atom stereocenters. The third kappa shape index (κ3) is 2.75. The van der Waals surface area contributed by atoms with Crippen molar-refractivity contribution in [3.8, 4) is 0 Å². The van der Waals surface area contributed by atoms with Gasteiger partial charge in [0.1, 0.15) is 18.1 Å². The molecule has 2 aromatic heterocycles. The van der Waals surface area contributed by atoms with Gasteiger partial charge in [0.25, 0.3) is 0 Å². The van der Waals surface area contributed by atoms with E-state index in [1.54, 1.807) is 0 Å². The first-order valence-corrected chi connectivity index (χ1v) is 8.60. The maximum Gasteiger partial charge on any atom is 0.245 e. The van der Waals surface area contributed by atoms with Crippen molar-refractivity contribution < 1.29 is 9.59 Å². The van der Waals surface area contributed by atoms with E-state index in [1.165, 1.54) is 30.6 Å². The monoisotopic (exact) mass is 342 g/mol. The van der Waals surface area contributed by atoms with E-state index >= 15 is 0 Å². The fraction of sp³-hybridized carbons (Fsp3) is 0.588. The summed E-state index contributed by atoms with van der Waals surface area (Å²) < 4.78 is 3.64. The fourth-order valence-electron chi connectivity index (χ4n) is 3.61. The Labute approximate surface area is 145 Å². The number of hydrogen-bond acceptors (Lipinski definition) is 5. The molecule has 0 N–H and O–H groups in total. The van der Waals surface area contributed by atoms with Crippen LogP contribution in [0.3, 0.4) is 0 Å². The van der Waals surface area contributed by atoms with Gasteiger partial charge in [-0.1, -0.05) is 19.1 Å². The average molecular weight is 342 g/mol. The molecule has 25 heavy (non-hydrogen) atoms. The number of hydrogen-bond donors (Lipinski definition) is 0. The Bertz CT molecular complexity index is 832. The van der Waals surface area contributed by atoms with E-state index in [4.69, 9.17) is 0 Å². The number of likely N-dealkylation sites (tertiary alicyclic amines) is 1. The van der Waals surface area contributed by atoms with Gasteiger partial charge < -0.3 is 9.47 Å². The molecule has 132 valence electrons. The quantitative estimate of drug-likeness (QED) is 0.771. The van der Waals surface area contributed by atoms with E-state index in [0.717, 1.165) is 5.82 Å². The molecular weight excluding hydrogens is 320 g/mol. The van der Waals surface area contributed by atoms with Gasteiger partial charge in [-0.2, -0.15) is 0 Å². The molecule has 0 spiro atoms. The number of Topliss-reactive ketones (excluding diaryl/α,β-unsaturated/α-hetero) is 1. The van der Waals surface area contributed by atoms with Crippen LogP contribution in [0.4, 0.5) is 0 Å². The molecule has 8 heteroatoms. The first kappa shape index (κ1) is 16.0. The predicted octanol–water partition coefficient (Wildman–Crippen LogP) is 1.62. The second-order valence-corrected chi connectivity index (χ2v) is 7.69. The van der Waals surface area contributed by atoms with Crippen molar-refractivity contribution in [2.75, 3.05) is 6.54 Å². The number of ketones is 1. The molecule has 2 aliphatic rings. The lowest BCUT2D eigenvalue weighted by molar-refractivity contribution is -0.154. The number of nitrogens with zero attached hydrogens (tertiary/aromatic N) is 6. The average Bonchev–Trinajstić information content (AvgIpc) is 3.08. The van der Waals surface area contributed by atoms with Crippen LogP contribution >= 0.6 is 0 Å². The minimum absolute atomic E-state index is 0.0133. The van der Waals surface area contributed by atoms with E-state index < -0.39 is 0 Å². The van der Waals surface area contributed by atoms with Gasteiger partial charge in [-0.15, -0.1) is 5.10 Å². The summed E-state index contributed by atoms with van der Waals surface area (Å²) >= 11 is 0. The number of amides is 1. The Hall–Kier alpha value is -2.51. The summed E-state index contributed by atoms with van der Waals surface area (Å²) in [5.41, 5.74) is 0.262. The van der Waals surface area contributed by atoms with E-state index in [-0.39, 0.29) is 35.4 Å². The standard InChI is InChI=1S/C17H22N6O2/c1-11(24)13-8-21(20-19-13)9-14(25)23-10-17(2,3)15(23)16-18-6-7-22(16)12-4-5-12/h6-8,12,15H,4-5,9-10H2,1-3H3. The second kappa shape index (κ2) is 5.50. The van der Waals surface area contributed by atoms with Crippen molar-refractivity contribution in [3.05, 3.63) is 30.1 Å². The summed E-state index contributed by atoms with van der Waals surface area (Å²) in [5, 5.41) is 7.67. The van der Waals surface area contributed by atoms with Crippen LogP contribution in [0.2, 0.25) is 0 Å². The summed E-state index contributed by atoms with van der Waals surface area (Å²) in [7, 11) is 0. The molecule has 1 saturated heterocycles. The van der Waals surface area contributed by atoms with E-state index in [2.05, 4.69) is 33.7 Å². The molecule has 4 rings (SSSR count). The van der Waals surface area contributed by atoms with E-state index in [9.17, 15) is 9.59 Å². The Morgan fingerprint density at radius 1 is 1.32 bits per heavy atom. The number of imidazole rings is 1. The summed E-state index contributed by atoms with van der Waals surface area (Å²) in [6.07, 6.45) is 7.71. The predicted molar refractivity (Wildman–Crippen MR) is 88.8 cm³/mol. The largest absolute Gasteiger partial charge is 0.330 e.